The molecule has 124 valence electrons. The number of amides is 1. The number of thiophene rings is 1. The molecule has 2 N–H and O–H groups in total. The van der Waals surface area contributed by atoms with Gasteiger partial charge in [-0.3, -0.25) is 4.79 Å². The summed E-state index contributed by atoms with van der Waals surface area (Å²) in [5, 5.41) is 5.23. The van der Waals surface area contributed by atoms with E-state index in [0.717, 1.165) is 24.2 Å². The average Bonchev–Trinajstić information content (AvgIpc) is 3.29. The van der Waals surface area contributed by atoms with Gasteiger partial charge in [-0.1, -0.05) is 36.4 Å². The van der Waals surface area contributed by atoms with E-state index in [4.69, 9.17) is 0 Å². The first-order valence-electron chi connectivity index (χ1n) is 8.16. The number of benzene rings is 1. The number of nitrogens with zero attached hydrogens (tertiary/aromatic N) is 1. The fourth-order valence-corrected chi connectivity index (χ4v) is 3.44. The Morgan fingerprint density at radius 3 is 2.79 bits per heavy atom. The topological polar surface area (TPSA) is 57.8 Å². The zero-order valence-electron chi connectivity index (χ0n) is 13.4. The molecule has 0 bridgehead atoms. The SMILES string of the molecule is O=C(CCCc1cccs1)N[C@H](Cc1ncc[nH]1)c1ccccc1. The molecule has 24 heavy (non-hydrogen) atoms. The van der Waals surface area contributed by atoms with Gasteiger partial charge in [0.1, 0.15) is 5.82 Å². The highest BCUT2D eigenvalue weighted by atomic mass is 32.1. The highest BCUT2D eigenvalue weighted by molar-refractivity contribution is 7.09. The number of imidazole rings is 1. The number of nitrogens with one attached hydrogen (secondary N) is 2. The minimum absolute atomic E-state index is 0.0633. The number of aryl methyl sites for hydroxylation is 1. The molecule has 3 rings (SSSR count). The van der Waals surface area contributed by atoms with Crippen LogP contribution < -0.4 is 5.32 Å². The third-order valence-corrected chi connectivity index (χ3v) is 4.83. The number of hydrogen-bond acceptors (Lipinski definition) is 3. The van der Waals surface area contributed by atoms with Gasteiger partial charge in [0.25, 0.3) is 0 Å². The maximum atomic E-state index is 12.3. The van der Waals surface area contributed by atoms with Crippen molar-refractivity contribution in [1.29, 1.82) is 0 Å². The van der Waals surface area contributed by atoms with Gasteiger partial charge < -0.3 is 10.3 Å². The predicted octanol–water partition coefficient (Wildman–Crippen LogP) is 3.89. The summed E-state index contributed by atoms with van der Waals surface area (Å²) < 4.78 is 0. The fraction of sp³-hybridized carbons (Fsp3) is 0.263. The highest BCUT2D eigenvalue weighted by Gasteiger charge is 2.16. The Morgan fingerprint density at radius 2 is 2.08 bits per heavy atom. The number of H-pyrrole nitrogens is 1. The van der Waals surface area contributed by atoms with Gasteiger partial charge in [0, 0.05) is 30.1 Å². The van der Waals surface area contributed by atoms with Crippen molar-refractivity contribution in [3.63, 3.8) is 0 Å². The molecule has 0 unspecified atom stereocenters. The zero-order chi connectivity index (χ0) is 16.6. The molecule has 1 amide bonds. The first-order chi connectivity index (χ1) is 11.8. The molecule has 0 aliphatic rings. The average molecular weight is 339 g/mol. The van der Waals surface area contributed by atoms with Crippen molar-refractivity contribution < 1.29 is 4.79 Å². The van der Waals surface area contributed by atoms with Gasteiger partial charge in [0.2, 0.25) is 5.91 Å². The van der Waals surface area contributed by atoms with Crippen LogP contribution >= 0.6 is 11.3 Å². The van der Waals surface area contributed by atoms with Crippen LogP contribution in [-0.4, -0.2) is 15.9 Å². The Bertz CT molecular complexity index is 723. The summed E-state index contributed by atoms with van der Waals surface area (Å²) in [6.45, 7) is 0. The van der Waals surface area contributed by atoms with Gasteiger partial charge in [0.15, 0.2) is 0 Å². The lowest BCUT2D eigenvalue weighted by Gasteiger charge is -2.18. The van der Waals surface area contributed by atoms with Gasteiger partial charge >= 0.3 is 0 Å². The van der Waals surface area contributed by atoms with E-state index in [1.807, 2.05) is 30.3 Å². The first-order valence-corrected chi connectivity index (χ1v) is 9.04. The van der Waals surface area contributed by atoms with Crippen LogP contribution in [0.4, 0.5) is 0 Å². The van der Waals surface area contributed by atoms with Gasteiger partial charge in [0.05, 0.1) is 6.04 Å². The first kappa shape index (κ1) is 16.5. The maximum absolute atomic E-state index is 12.3. The van der Waals surface area contributed by atoms with E-state index >= 15 is 0 Å². The molecular formula is C19H21N3OS. The molecule has 0 radical (unpaired) electrons. The maximum Gasteiger partial charge on any atom is 0.220 e. The molecule has 1 aromatic carbocycles. The minimum Gasteiger partial charge on any atom is -0.349 e. The number of carbonyl (C=O) groups is 1. The van der Waals surface area contributed by atoms with E-state index in [1.54, 1.807) is 23.7 Å². The number of aromatic amines is 1. The molecule has 4 nitrogen and oxygen atoms in total. The molecule has 5 heteroatoms. The third-order valence-electron chi connectivity index (χ3n) is 3.90. The lowest BCUT2D eigenvalue weighted by atomic mass is 10.0. The van der Waals surface area contributed by atoms with Crippen LogP contribution in [-0.2, 0) is 17.6 Å². The molecular weight excluding hydrogens is 318 g/mol. The summed E-state index contributed by atoms with van der Waals surface area (Å²) in [5.41, 5.74) is 1.10. The second kappa shape index (κ2) is 8.45. The van der Waals surface area contributed by atoms with E-state index < -0.39 is 0 Å². The molecule has 0 aliphatic heterocycles. The summed E-state index contributed by atoms with van der Waals surface area (Å²) in [4.78, 5) is 21.1. The second-order valence-corrected chi connectivity index (χ2v) is 6.74. The van der Waals surface area contributed by atoms with Crippen LogP contribution in [0.2, 0.25) is 0 Å². The van der Waals surface area contributed by atoms with Gasteiger partial charge in [-0.25, -0.2) is 4.98 Å². The van der Waals surface area contributed by atoms with E-state index in [-0.39, 0.29) is 11.9 Å². The molecule has 0 saturated carbocycles. The Hall–Kier alpha value is -2.40. The largest absolute Gasteiger partial charge is 0.349 e. The lowest BCUT2D eigenvalue weighted by Crippen LogP contribution is -2.30. The third kappa shape index (κ3) is 4.80. The van der Waals surface area contributed by atoms with Crippen molar-refractivity contribution in [3.05, 3.63) is 76.5 Å². The minimum atomic E-state index is -0.0633. The quantitative estimate of drug-likeness (QED) is 0.654. The number of hydrogen-bond donors (Lipinski definition) is 2. The van der Waals surface area contributed by atoms with Gasteiger partial charge in [-0.05, 0) is 29.9 Å². The van der Waals surface area contributed by atoms with Crippen molar-refractivity contribution in [2.75, 3.05) is 0 Å². The Labute approximate surface area is 146 Å². The van der Waals surface area contributed by atoms with Gasteiger partial charge in [-0.15, -0.1) is 11.3 Å². The monoisotopic (exact) mass is 339 g/mol. The summed E-state index contributed by atoms with van der Waals surface area (Å²) in [5.74, 6) is 0.967. The summed E-state index contributed by atoms with van der Waals surface area (Å²) in [6.07, 6.45) is 6.57. The second-order valence-electron chi connectivity index (χ2n) is 5.70. The van der Waals surface area contributed by atoms with E-state index in [2.05, 4.69) is 32.8 Å². The number of aromatic nitrogens is 2. The highest BCUT2D eigenvalue weighted by Crippen LogP contribution is 2.17. The summed E-state index contributed by atoms with van der Waals surface area (Å²) >= 11 is 1.74. The van der Waals surface area contributed by atoms with Crippen LogP contribution in [0.1, 0.15) is 35.1 Å². The zero-order valence-corrected chi connectivity index (χ0v) is 14.3. The molecule has 2 heterocycles. The summed E-state index contributed by atoms with van der Waals surface area (Å²) in [7, 11) is 0. The van der Waals surface area contributed by atoms with Crippen LogP contribution in [0.15, 0.2) is 60.2 Å². The van der Waals surface area contributed by atoms with Crippen LogP contribution in [0.3, 0.4) is 0 Å². The van der Waals surface area contributed by atoms with Crippen LogP contribution in [0, 0.1) is 0 Å². The molecule has 0 aliphatic carbocycles. The lowest BCUT2D eigenvalue weighted by molar-refractivity contribution is -0.121. The van der Waals surface area contributed by atoms with Gasteiger partial charge in [-0.2, -0.15) is 0 Å². The molecule has 0 spiro atoms. The van der Waals surface area contributed by atoms with Crippen molar-refractivity contribution in [1.82, 2.24) is 15.3 Å². The fourth-order valence-electron chi connectivity index (χ4n) is 2.69. The number of rotatable bonds is 8. The Balaban J connectivity index is 1.57. The number of carbonyl (C=O) groups excluding carboxylic acids is 1. The van der Waals surface area contributed by atoms with Crippen LogP contribution in [0.25, 0.3) is 0 Å². The molecule has 1 atom stereocenters. The van der Waals surface area contributed by atoms with Crippen LogP contribution in [0.5, 0.6) is 0 Å². The predicted molar refractivity (Wildman–Crippen MR) is 96.9 cm³/mol. The van der Waals surface area contributed by atoms with E-state index in [1.165, 1.54) is 4.88 Å². The van der Waals surface area contributed by atoms with Crippen molar-refractivity contribution in [2.24, 2.45) is 0 Å². The van der Waals surface area contributed by atoms with Crippen molar-refractivity contribution >= 4 is 17.2 Å². The Morgan fingerprint density at radius 1 is 1.21 bits per heavy atom. The van der Waals surface area contributed by atoms with E-state index in [9.17, 15) is 4.79 Å². The normalized spacial score (nSPS) is 12.0. The molecule has 0 fully saturated rings. The molecule has 3 aromatic rings. The van der Waals surface area contributed by atoms with Crippen molar-refractivity contribution in [3.8, 4) is 0 Å². The Kier molecular flexibility index (Phi) is 5.80. The standard InChI is InChI=1S/C19H21N3OS/c23-19(10-4-8-16-9-5-13-24-16)22-17(14-18-20-11-12-21-18)15-6-2-1-3-7-15/h1-3,5-7,9,11-13,17H,4,8,10,14H2,(H,20,21)(H,22,23)/t17-/m1/s1. The smallest absolute Gasteiger partial charge is 0.220 e. The van der Waals surface area contributed by atoms with Crippen molar-refractivity contribution in [2.45, 2.75) is 31.7 Å². The molecule has 2 aromatic heterocycles. The summed E-state index contributed by atoms with van der Waals surface area (Å²) in [6, 6.07) is 14.2. The van der Waals surface area contributed by atoms with E-state index in [0.29, 0.717) is 12.8 Å². The molecule has 0 saturated heterocycles.